The fraction of sp³-hybridized carbons (Fsp3) is 0.397. The normalized spacial score (nSPS) is 27.8. The molecule has 5 amide bonds. The van der Waals surface area contributed by atoms with Crippen molar-refractivity contribution in [3.63, 3.8) is 0 Å². The van der Waals surface area contributed by atoms with Gasteiger partial charge in [0.2, 0.25) is 5.91 Å². The number of primary amides is 1. The highest BCUT2D eigenvalue weighted by Crippen LogP contribution is 2.47. The minimum atomic E-state index is -1.88. The van der Waals surface area contributed by atoms with Crippen molar-refractivity contribution >= 4 is 104 Å². The van der Waals surface area contributed by atoms with Crippen molar-refractivity contribution in [1.82, 2.24) is 61.1 Å². The smallest absolute Gasteiger partial charge is 0.357 e. The third kappa shape index (κ3) is 12.6. The average Bonchev–Trinajstić information content (AvgIpc) is 1.80. The van der Waals surface area contributed by atoms with Crippen LogP contribution in [0.15, 0.2) is 73.9 Å². The summed E-state index contributed by atoms with van der Waals surface area (Å²) in [6, 6.07) is -3.85. The number of nitrogens with two attached hydrogens (primary N) is 1. The van der Waals surface area contributed by atoms with Crippen LogP contribution < -0.4 is 27.0 Å². The van der Waals surface area contributed by atoms with Crippen LogP contribution in [0.4, 0.5) is 0 Å². The molecule has 1 aliphatic carbocycles. The molecule has 5 aliphatic heterocycles. The fourth-order valence-electron chi connectivity index (χ4n) is 11.9. The zero-order chi connectivity index (χ0) is 66.1. The highest BCUT2D eigenvalue weighted by molar-refractivity contribution is 7.14. The first-order chi connectivity index (χ1) is 44.4. The van der Waals surface area contributed by atoms with Gasteiger partial charge in [-0.15, -0.1) is 56.7 Å². The number of ether oxygens (including phenoxy) is 6. The van der Waals surface area contributed by atoms with E-state index < -0.39 is 133 Å². The molecule has 11 heterocycles. The molecule has 0 spiro atoms. The number of aliphatic hydroxyl groups is 2. The van der Waals surface area contributed by atoms with Crippen molar-refractivity contribution in [1.29, 1.82) is 0 Å². The van der Waals surface area contributed by atoms with Crippen LogP contribution in [0.1, 0.15) is 103 Å². The Balaban J connectivity index is 1.04. The van der Waals surface area contributed by atoms with Crippen LogP contribution in [0.25, 0.3) is 38.4 Å². The predicted octanol–water partition coefficient (Wildman–Crippen LogP) is 3.40. The van der Waals surface area contributed by atoms with Gasteiger partial charge in [0, 0.05) is 50.7 Å². The molecule has 12 rings (SSSR count). The van der Waals surface area contributed by atoms with E-state index >= 15 is 9.59 Å². The van der Waals surface area contributed by atoms with E-state index in [1.54, 1.807) is 56.5 Å². The molecular formula is C58H59N13O17S5. The standard InChI is InChI=1S/C58H59N13O17S5/c1-21(72)37-50(78)68-38(22(2)83-7)53-64-32(20-92-53)49(77)69-41-43-44(88-35-12-58(4,81)45(70(5)6)23(3)87-35)57(80)85-13-24-9-8-10-33-36(24)26(14-84-43)42(71(33)82)56(79)86-15-27(60-47(75)30-19-93-55(41)65-30)52-61-28(16-90-52)39-25(51-63-31(18-89-51)48(76)67-37)11-34(73)40(66-39)54-62-29(17-91-54)46(59)74/h8-11,16-21,23-24,27,35-37,41,43-45,72-73,81-82H,12-15H2,1-7H3,(H2,59,74)(H,60,75)(H,67,76)(H,68,78)(H,69,77)/b38-22+/t21-,23+,24?,27+,35+,36?,37+,41+,43+,44+,45-,58+/m1/s1. The van der Waals surface area contributed by atoms with Crippen LogP contribution in [0.2, 0.25) is 0 Å². The zero-order valence-electron chi connectivity index (χ0n) is 50.2. The van der Waals surface area contributed by atoms with E-state index in [2.05, 4.69) is 36.2 Å². The molecule has 12 bridgehead atoms. The summed E-state index contributed by atoms with van der Waals surface area (Å²) in [5.41, 5.74) is 3.19. The number of cyclic esters (lactones) is 2. The summed E-state index contributed by atoms with van der Waals surface area (Å²) < 4.78 is 37.7. The van der Waals surface area contributed by atoms with Crippen molar-refractivity contribution in [3.05, 3.63) is 112 Å². The number of aromatic nitrogens is 6. The zero-order valence-corrected chi connectivity index (χ0v) is 54.3. The first kappa shape index (κ1) is 64.8. The number of aliphatic hydroxyl groups excluding tert-OH is 1. The molecule has 30 nitrogen and oxygen atoms in total. The summed E-state index contributed by atoms with van der Waals surface area (Å²) in [5, 5.41) is 65.8. The van der Waals surface area contributed by atoms with Crippen molar-refractivity contribution < 1.29 is 82.5 Å². The number of allylic oxidation sites excluding steroid dienone is 4. The number of amides is 5. The number of hydrogen-bond donors (Lipinski definition) is 9. The molecule has 0 saturated carbocycles. The summed E-state index contributed by atoms with van der Waals surface area (Å²) in [6.45, 7) is 4.54. The molecule has 0 aromatic carbocycles. The molecular weight excluding hydrogens is 1310 g/mol. The van der Waals surface area contributed by atoms with Gasteiger partial charge < -0.3 is 75.6 Å². The van der Waals surface area contributed by atoms with Gasteiger partial charge in [-0.3, -0.25) is 29.2 Å². The second kappa shape index (κ2) is 25.9. The number of hydroxylamine groups is 2. The maximum absolute atomic E-state index is 15.1. The van der Waals surface area contributed by atoms with E-state index in [0.29, 0.717) is 5.06 Å². The number of aromatic hydroxyl groups is 1. The molecule has 35 heteroatoms. The Labute approximate surface area is 547 Å². The molecule has 2 saturated heterocycles. The molecule has 488 valence electrons. The first-order valence-corrected chi connectivity index (χ1v) is 33.0. The Bertz CT molecular complexity index is 4150. The van der Waals surface area contributed by atoms with Crippen LogP contribution >= 0.6 is 56.7 Å². The number of likely N-dealkylation sites (N-methyl/N-ethyl adjacent to an activating group) is 1. The Morgan fingerprint density at radius 2 is 1.52 bits per heavy atom. The Morgan fingerprint density at radius 1 is 0.849 bits per heavy atom. The molecule has 0 radical (unpaired) electrons. The lowest BCUT2D eigenvalue weighted by atomic mass is 9.82. The average molecular weight is 1370 g/mol. The molecule has 6 aromatic rings. The summed E-state index contributed by atoms with van der Waals surface area (Å²) in [4.78, 5) is 131. The number of methoxy groups -OCH3 is 1. The van der Waals surface area contributed by atoms with Crippen LogP contribution in [-0.4, -0.2) is 191 Å². The lowest BCUT2D eigenvalue weighted by molar-refractivity contribution is -0.280. The van der Waals surface area contributed by atoms with E-state index in [-0.39, 0.29) is 112 Å². The highest BCUT2D eigenvalue weighted by Gasteiger charge is 2.52. The topological polar surface area (TPSA) is 414 Å². The lowest BCUT2D eigenvalue weighted by Crippen LogP contribution is -2.62. The SMILES string of the molecule is CO/C(C)=C1/NC(=O)[C@H]([C@@H](C)O)NC(=O)c2csc(n2)-c2cc(O)c(-c3nc(C(N)=O)cs3)nc2-c2csc(n2)[C@@H]2COC(=O)C3=C4CO[C@H]([C@H](O[C@H]5C[C@](C)(O)[C@H](N(C)C)[C@H](C)O5)C(=O)OCC5C=CC=C(C45)N3O)[C@H](NC(=O)c3csc1n3)c1nc(cs1)C(=O)N2. The third-order valence-electron chi connectivity index (χ3n) is 16.2. The Morgan fingerprint density at radius 3 is 2.23 bits per heavy atom. The second-order valence-electron chi connectivity index (χ2n) is 22.8. The minimum absolute atomic E-state index is 0.0000960. The van der Waals surface area contributed by atoms with Gasteiger partial charge in [0.25, 0.3) is 23.6 Å². The predicted molar refractivity (Wildman–Crippen MR) is 332 cm³/mol. The van der Waals surface area contributed by atoms with Crippen LogP contribution in [-0.2, 0) is 42.8 Å². The van der Waals surface area contributed by atoms with Crippen molar-refractivity contribution in [2.24, 2.45) is 17.6 Å². The van der Waals surface area contributed by atoms with Gasteiger partial charge >= 0.3 is 11.9 Å². The Hall–Kier alpha value is -8.33. The van der Waals surface area contributed by atoms with E-state index in [0.717, 1.165) is 56.7 Å². The van der Waals surface area contributed by atoms with E-state index in [4.69, 9.17) is 49.1 Å². The number of rotatable bonds is 7. The molecule has 10 N–H and O–H groups in total. The van der Waals surface area contributed by atoms with Gasteiger partial charge in [0.15, 0.2) is 18.1 Å². The highest BCUT2D eigenvalue weighted by atomic mass is 32.1. The van der Waals surface area contributed by atoms with Crippen molar-refractivity contribution in [2.45, 2.75) is 94.6 Å². The number of nitrogens with zero attached hydrogens (tertiary/aromatic N) is 8. The first-order valence-electron chi connectivity index (χ1n) is 28.6. The van der Waals surface area contributed by atoms with Gasteiger partial charge in [-0.2, -0.15) is 0 Å². The third-order valence-corrected chi connectivity index (χ3v) is 20.7. The molecule has 6 aliphatic rings. The summed E-state index contributed by atoms with van der Waals surface area (Å²) in [5.74, 6) is -8.59. The number of esters is 2. The van der Waals surface area contributed by atoms with Crippen LogP contribution in [0.3, 0.4) is 0 Å². The minimum Gasteiger partial charge on any atom is -0.506 e. The van der Waals surface area contributed by atoms with Gasteiger partial charge in [-0.05, 0) is 59.5 Å². The van der Waals surface area contributed by atoms with Crippen LogP contribution in [0.5, 0.6) is 5.75 Å². The number of carbonyl (C=O) groups excluding carboxylic acids is 7. The number of fused-ring (bicyclic) bond motifs is 15. The Kier molecular flexibility index (Phi) is 18.0. The van der Waals surface area contributed by atoms with Gasteiger partial charge in [-0.1, -0.05) is 12.2 Å². The molecule has 6 aromatic heterocycles. The number of thiazole rings is 5. The maximum Gasteiger partial charge on any atom is 0.357 e. The van der Waals surface area contributed by atoms with Gasteiger partial charge in [0.1, 0.15) is 113 Å². The summed E-state index contributed by atoms with van der Waals surface area (Å²) >= 11 is 4.64. The monoisotopic (exact) mass is 1370 g/mol. The summed E-state index contributed by atoms with van der Waals surface area (Å²) in [7, 11) is 4.87. The number of nitrogens with one attached hydrogen (secondary N) is 4. The lowest BCUT2D eigenvalue weighted by Gasteiger charge is -2.48. The van der Waals surface area contributed by atoms with Gasteiger partial charge in [0.05, 0.1) is 49.9 Å². The molecule has 2 unspecified atom stereocenters. The van der Waals surface area contributed by atoms with E-state index in [9.17, 15) is 44.5 Å². The maximum atomic E-state index is 15.1. The second-order valence-corrected chi connectivity index (χ2v) is 27.1. The van der Waals surface area contributed by atoms with E-state index in [1.165, 1.54) is 48.5 Å². The quantitative estimate of drug-likeness (QED) is 0.0817. The molecule has 12 atom stereocenters. The van der Waals surface area contributed by atoms with E-state index in [1.807, 2.05) is 0 Å². The number of pyridine rings is 1. The fourth-order valence-corrected chi connectivity index (χ4v) is 16.1. The van der Waals surface area contributed by atoms with Gasteiger partial charge in [-0.25, -0.2) is 44.6 Å². The summed E-state index contributed by atoms with van der Waals surface area (Å²) in [6.07, 6.45) is -2.47. The largest absolute Gasteiger partial charge is 0.506 e. The number of hydrogen-bond acceptors (Lipinski definition) is 30. The van der Waals surface area contributed by atoms with Crippen molar-refractivity contribution in [3.8, 4) is 38.4 Å². The molecule has 2 fully saturated rings. The number of carbonyl (C=O) groups is 7. The van der Waals surface area contributed by atoms with Crippen molar-refractivity contribution in [2.75, 3.05) is 41.0 Å². The molecule has 93 heavy (non-hydrogen) atoms. The van der Waals surface area contributed by atoms with Crippen LogP contribution in [0, 0.1) is 11.8 Å².